The van der Waals surface area contributed by atoms with Crippen LogP contribution in [0.2, 0.25) is 0 Å². The number of anilines is 1. The molecule has 0 spiro atoms. The van der Waals surface area contributed by atoms with Crippen LogP contribution in [0.3, 0.4) is 0 Å². The number of nitrogens with one attached hydrogen (secondary N) is 1. The molecule has 1 aromatic carbocycles. The summed E-state index contributed by atoms with van der Waals surface area (Å²) in [6.45, 7) is 4.51. The Morgan fingerprint density at radius 3 is 2.74 bits per heavy atom. The Labute approximate surface area is 111 Å². The highest BCUT2D eigenvalue weighted by Crippen LogP contribution is 2.25. The fraction of sp³-hybridized carbons (Fsp3) is 0.357. The zero-order chi connectivity index (χ0) is 13.9. The molecular formula is C14H16N4O. The number of aliphatic hydroxyl groups excluding tert-OH is 1. The predicted molar refractivity (Wildman–Crippen MR) is 73.6 cm³/mol. The number of benzene rings is 1. The molecule has 0 aliphatic heterocycles. The highest BCUT2D eigenvalue weighted by Gasteiger charge is 2.18. The Balaban J connectivity index is 2.43. The van der Waals surface area contributed by atoms with E-state index in [1.807, 2.05) is 44.2 Å². The largest absolute Gasteiger partial charge is 0.396 e. The van der Waals surface area contributed by atoms with Crippen molar-refractivity contribution in [3.63, 3.8) is 0 Å². The van der Waals surface area contributed by atoms with E-state index in [0.29, 0.717) is 12.2 Å². The van der Waals surface area contributed by atoms with E-state index < -0.39 is 0 Å². The number of aromatic nitrogens is 2. The first-order valence-corrected chi connectivity index (χ1v) is 6.08. The second-order valence-electron chi connectivity index (χ2n) is 5.23. The lowest BCUT2D eigenvalue weighted by atomic mass is 9.95. The zero-order valence-corrected chi connectivity index (χ0v) is 11.0. The van der Waals surface area contributed by atoms with E-state index >= 15 is 0 Å². The molecule has 5 nitrogen and oxygen atoms in total. The number of aliphatic hydroxyl groups is 1. The fourth-order valence-electron chi connectivity index (χ4n) is 1.69. The van der Waals surface area contributed by atoms with Gasteiger partial charge in [0.05, 0.1) is 11.2 Å². The smallest absolute Gasteiger partial charge is 0.186 e. The summed E-state index contributed by atoms with van der Waals surface area (Å²) in [5, 5.41) is 30.4. The van der Waals surface area contributed by atoms with Crippen LogP contribution in [0.4, 0.5) is 5.69 Å². The first-order valence-electron chi connectivity index (χ1n) is 6.08. The van der Waals surface area contributed by atoms with Gasteiger partial charge in [-0.15, -0.1) is 10.2 Å². The maximum absolute atomic E-state index is 9.28. The molecule has 0 bridgehead atoms. The second kappa shape index (κ2) is 5.21. The Hall–Kier alpha value is -2.19. The predicted octanol–water partition coefficient (Wildman–Crippen LogP) is 1.93. The molecule has 0 radical (unpaired) electrons. The lowest BCUT2D eigenvalue weighted by Crippen LogP contribution is -2.27. The molecule has 0 atom stereocenters. The molecule has 19 heavy (non-hydrogen) atoms. The molecule has 0 amide bonds. The Bertz CT molecular complexity index is 631. The summed E-state index contributed by atoms with van der Waals surface area (Å²) in [5.74, 6) is 0. The van der Waals surface area contributed by atoms with Gasteiger partial charge in [0.1, 0.15) is 6.07 Å². The van der Waals surface area contributed by atoms with Crippen LogP contribution in [0.5, 0.6) is 0 Å². The first kappa shape index (κ1) is 13.2. The van der Waals surface area contributed by atoms with Gasteiger partial charge in [0.15, 0.2) is 5.69 Å². The Kier molecular flexibility index (Phi) is 3.63. The van der Waals surface area contributed by atoms with Gasteiger partial charge < -0.3 is 10.4 Å². The van der Waals surface area contributed by atoms with Crippen molar-refractivity contribution in [2.24, 2.45) is 5.41 Å². The van der Waals surface area contributed by atoms with Gasteiger partial charge >= 0.3 is 0 Å². The van der Waals surface area contributed by atoms with E-state index in [2.05, 4.69) is 15.5 Å². The minimum Gasteiger partial charge on any atom is -0.396 e. The summed E-state index contributed by atoms with van der Waals surface area (Å²) in [5.41, 5.74) is 1.42. The quantitative estimate of drug-likeness (QED) is 0.873. The molecule has 0 aliphatic carbocycles. The third-order valence-electron chi connectivity index (χ3n) is 2.95. The van der Waals surface area contributed by atoms with E-state index in [-0.39, 0.29) is 17.7 Å². The number of rotatable bonds is 4. The maximum atomic E-state index is 9.28. The van der Waals surface area contributed by atoms with Gasteiger partial charge in [-0.25, -0.2) is 0 Å². The van der Waals surface area contributed by atoms with Gasteiger partial charge in [0.2, 0.25) is 0 Å². The van der Waals surface area contributed by atoms with Crippen LogP contribution in [0.25, 0.3) is 10.9 Å². The van der Waals surface area contributed by atoms with Crippen LogP contribution in [-0.4, -0.2) is 28.5 Å². The van der Waals surface area contributed by atoms with Gasteiger partial charge in [0, 0.05) is 24.0 Å². The number of nitriles is 1. The van der Waals surface area contributed by atoms with Crippen LogP contribution in [0, 0.1) is 16.7 Å². The normalized spacial score (nSPS) is 11.3. The Morgan fingerprint density at radius 2 is 2.05 bits per heavy atom. The molecular weight excluding hydrogens is 240 g/mol. The van der Waals surface area contributed by atoms with Crippen molar-refractivity contribution in [2.45, 2.75) is 13.8 Å². The molecule has 0 saturated carbocycles. The monoisotopic (exact) mass is 256 g/mol. The van der Waals surface area contributed by atoms with E-state index in [1.165, 1.54) is 0 Å². The lowest BCUT2D eigenvalue weighted by Gasteiger charge is -2.23. The number of fused-ring (bicyclic) bond motifs is 1. The maximum Gasteiger partial charge on any atom is 0.186 e. The van der Waals surface area contributed by atoms with Gasteiger partial charge in [-0.3, -0.25) is 0 Å². The van der Waals surface area contributed by atoms with E-state index in [1.54, 1.807) is 0 Å². The summed E-state index contributed by atoms with van der Waals surface area (Å²) >= 11 is 0. The van der Waals surface area contributed by atoms with Crippen LogP contribution < -0.4 is 5.32 Å². The standard InChI is InChI=1S/C14H16N4O/c1-14(2,9-19)8-16-13-10-5-3-4-6-11(10)17-18-12(13)7-15/h3-6,19H,8-9H2,1-2H3,(H,16,17). The third kappa shape index (κ3) is 2.80. The summed E-state index contributed by atoms with van der Waals surface area (Å²) in [6, 6.07) is 9.57. The molecule has 0 aliphatic rings. The van der Waals surface area contributed by atoms with Crippen LogP contribution >= 0.6 is 0 Å². The van der Waals surface area contributed by atoms with Crippen molar-refractivity contribution in [2.75, 3.05) is 18.5 Å². The molecule has 2 aromatic rings. The fourth-order valence-corrected chi connectivity index (χ4v) is 1.69. The van der Waals surface area contributed by atoms with Crippen molar-refractivity contribution in [3.8, 4) is 6.07 Å². The minimum atomic E-state index is -0.267. The molecule has 1 heterocycles. The SMILES string of the molecule is CC(C)(CO)CNc1c(C#N)nnc2ccccc12. The van der Waals surface area contributed by atoms with Gasteiger partial charge in [-0.1, -0.05) is 32.0 Å². The summed E-state index contributed by atoms with van der Waals surface area (Å²) < 4.78 is 0. The molecule has 1 aromatic heterocycles. The third-order valence-corrected chi connectivity index (χ3v) is 2.95. The molecule has 0 fully saturated rings. The molecule has 0 unspecified atom stereocenters. The molecule has 5 heteroatoms. The lowest BCUT2D eigenvalue weighted by molar-refractivity contribution is 0.171. The van der Waals surface area contributed by atoms with Crippen molar-refractivity contribution in [1.29, 1.82) is 5.26 Å². The number of nitrogens with zero attached hydrogens (tertiary/aromatic N) is 3. The summed E-state index contributed by atoms with van der Waals surface area (Å²) in [4.78, 5) is 0. The highest BCUT2D eigenvalue weighted by molar-refractivity contribution is 5.92. The highest BCUT2D eigenvalue weighted by atomic mass is 16.3. The zero-order valence-electron chi connectivity index (χ0n) is 11.0. The van der Waals surface area contributed by atoms with Crippen molar-refractivity contribution < 1.29 is 5.11 Å². The van der Waals surface area contributed by atoms with Crippen molar-refractivity contribution in [1.82, 2.24) is 10.2 Å². The van der Waals surface area contributed by atoms with Gasteiger partial charge in [0.25, 0.3) is 0 Å². The van der Waals surface area contributed by atoms with Gasteiger partial charge in [-0.05, 0) is 6.07 Å². The summed E-state index contributed by atoms with van der Waals surface area (Å²) in [6.07, 6.45) is 0. The molecule has 2 N–H and O–H groups in total. The van der Waals surface area contributed by atoms with Gasteiger partial charge in [-0.2, -0.15) is 5.26 Å². The average Bonchev–Trinajstić information content (AvgIpc) is 2.44. The number of hydrogen-bond donors (Lipinski definition) is 2. The average molecular weight is 256 g/mol. The van der Waals surface area contributed by atoms with Crippen LogP contribution in [0.1, 0.15) is 19.5 Å². The molecule has 98 valence electrons. The van der Waals surface area contributed by atoms with E-state index in [0.717, 1.165) is 10.9 Å². The summed E-state index contributed by atoms with van der Waals surface area (Å²) in [7, 11) is 0. The first-order chi connectivity index (χ1) is 9.07. The number of hydrogen-bond acceptors (Lipinski definition) is 5. The van der Waals surface area contributed by atoms with Crippen LogP contribution in [0.15, 0.2) is 24.3 Å². The molecule has 2 rings (SSSR count). The second-order valence-corrected chi connectivity index (χ2v) is 5.23. The minimum absolute atomic E-state index is 0.0678. The molecule has 0 saturated heterocycles. The Morgan fingerprint density at radius 1 is 1.32 bits per heavy atom. The van der Waals surface area contributed by atoms with Crippen LogP contribution in [-0.2, 0) is 0 Å². The van der Waals surface area contributed by atoms with E-state index in [4.69, 9.17) is 5.26 Å². The van der Waals surface area contributed by atoms with E-state index in [9.17, 15) is 5.11 Å². The topological polar surface area (TPSA) is 81.8 Å². The van der Waals surface area contributed by atoms with Crippen molar-refractivity contribution in [3.05, 3.63) is 30.0 Å². The van der Waals surface area contributed by atoms with Crippen molar-refractivity contribution >= 4 is 16.6 Å².